The van der Waals surface area contributed by atoms with E-state index in [4.69, 9.17) is 21.4 Å². The Kier molecular flexibility index (Phi) is 7.69. The Bertz CT molecular complexity index is 416. The molecule has 1 aromatic rings. The smallest absolute Gasteiger partial charge is 0.408 e. The molecule has 6 heteroatoms. The van der Waals surface area contributed by atoms with E-state index in [0.717, 1.165) is 5.02 Å². The molecule has 0 radical (unpaired) electrons. The van der Waals surface area contributed by atoms with Crippen molar-refractivity contribution in [2.45, 2.75) is 33.3 Å². The van der Waals surface area contributed by atoms with E-state index < -0.39 is 24.2 Å². The van der Waals surface area contributed by atoms with Crippen LogP contribution in [-0.4, -0.2) is 29.3 Å². The number of benzene rings is 1. The van der Waals surface area contributed by atoms with E-state index in [9.17, 15) is 9.59 Å². The second-order valence-corrected chi connectivity index (χ2v) is 5.48. The predicted molar refractivity (Wildman–Crippen MR) is 78.1 cm³/mol. The number of carbonyl (C=O) groups excluding carboxylic acids is 1. The van der Waals surface area contributed by atoms with Gasteiger partial charge in [-0.3, -0.25) is 4.79 Å². The first-order valence-electron chi connectivity index (χ1n) is 6.01. The Labute approximate surface area is 123 Å². The van der Waals surface area contributed by atoms with Crippen LogP contribution in [0.3, 0.4) is 0 Å². The molecule has 20 heavy (non-hydrogen) atoms. The van der Waals surface area contributed by atoms with Crippen LogP contribution < -0.4 is 5.32 Å². The van der Waals surface area contributed by atoms with Gasteiger partial charge >= 0.3 is 12.1 Å². The third-order valence-electron chi connectivity index (χ3n) is 1.79. The lowest BCUT2D eigenvalue weighted by molar-refractivity contribution is -0.136. The quantitative estimate of drug-likeness (QED) is 0.879. The lowest BCUT2D eigenvalue weighted by atomic mass is 10.2. The van der Waals surface area contributed by atoms with Gasteiger partial charge in [0, 0.05) is 5.02 Å². The van der Waals surface area contributed by atoms with Gasteiger partial charge in [0.1, 0.15) is 12.1 Å². The summed E-state index contributed by atoms with van der Waals surface area (Å²) >= 11 is 5.61. The third kappa shape index (κ3) is 11.3. The van der Waals surface area contributed by atoms with Crippen LogP contribution in [0.5, 0.6) is 0 Å². The van der Waals surface area contributed by atoms with Gasteiger partial charge in [-0.2, -0.15) is 0 Å². The summed E-state index contributed by atoms with van der Waals surface area (Å²) in [5, 5.41) is 11.1. The number of aryl methyl sites for hydroxylation is 1. The summed E-state index contributed by atoms with van der Waals surface area (Å²) in [7, 11) is 0. The number of hydrogen-bond acceptors (Lipinski definition) is 3. The number of aliphatic carboxylic acids is 1. The van der Waals surface area contributed by atoms with Gasteiger partial charge in [-0.05, 0) is 39.8 Å². The molecule has 0 aliphatic carbocycles. The summed E-state index contributed by atoms with van der Waals surface area (Å²) in [6.07, 6.45) is -0.718. The number of alkyl carbamates (subject to hydrolysis) is 1. The molecule has 1 aromatic carbocycles. The van der Waals surface area contributed by atoms with Crippen molar-refractivity contribution in [3.8, 4) is 0 Å². The van der Waals surface area contributed by atoms with Crippen LogP contribution in [-0.2, 0) is 9.53 Å². The van der Waals surface area contributed by atoms with E-state index in [-0.39, 0.29) is 0 Å². The van der Waals surface area contributed by atoms with Gasteiger partial charge in [0.05, 0.1) is 0 Å². The van der Waals surface area contributed by atoms with E-state index in [1.807, 2.05) is 31.2 Å². The molecule has 0 fully saturated rings. The molecule has 2 N–H and O–H groups in total. The SMILES string of the molecule is CC(C)(C)OC(=O)NCC(=O)O.Cc1ccc(Cl)cc1. The zero-order valence-electron chi connectivity index (χ0n) is 12.1. The molecule has 0 saturated heterocycles. The normalized spacial score (nSPS) is 10.1. The van der Waals surface area contributed by atoms with Crippen LogP contribution in [0, 0.1) is 6.92 Å². The van der Waals surface area contributed by atoms with Crippen molar-refractivity contribution >= 4 is 23.7 Å². The summed E-state index contributed by atoms with van der Waals surface area (Å²) < 4.78 is 4.77. The highest BCUT2D eigenvalue weighted by molar-refractivity contribution is 6.30. The van der Waals surface area contributed by atoms with Gasteiger partial charge in [-0.1, -0.05) is 29.3 Å². The molecule has 0 unspecified atom stereocenters. The fourth-order valence-electron chi connectivity index (χ4n) is 0.995. The number of carbonyl (C=O) groups is 2. The number of ether oxygens (including phenoxy) is 1. The lowest BCUT2D eigenvalue weighted by Gasteiger charge is -2.19. The molecular weight excluding hydrogens is 282 g/mol. The van der Waals surface area contributed by atoms with Crippen molar-refractivity contribution in [1.82, 2.24) is 5.32 Å². The summed E-state index contributed by atoms with van der Waals surface area (Å²) in [4.78, 5) is 20.8. The van der Waals surface area contributed by atoms with E-state index in [2.05, 4.69) is 5.32 Å². The van der Waals surface area contributed by atoms with Crippen LogP contribution in [0.15, 0.2) is 24.3 Å². The maximum absolute atomic E-state index is 10.8. The van der Waals surface area contributed by atoms with Crippen molar-refractivity contribution in [2.24, 2.45) is 0 Å². The van der Waals surface area contributed by atoms with Gasteiger partial charge in [0.25, 0.3) is 0 Å². The summed E-state index contributed by atoms with van der Waals surface area (Å²) in [6.45, 7) is 6.72. The second-order valence-electron chi connectivity index (χ2n) is 5.04. The molecular formula is C14H20ClNO4. The Morgan fingerprint density at radius 1 is 1.25 bits per heavy atom. The van der Waals surface area contributed by atoms with Gasteiger partial charge in [-0.25, -0.2) is 4.79 Å². The molecule has 0 spiro atoms. The molecule has 5 nitrogen and oxygen atoms in total. The fourth-order valence-corrected chi connectivity index (χ4v) is 1.12. The zero-order chi connectivity index (χ0) is 15.8. The lowest BCUT2D eigenvalue weighted by Crippen LogP contribution is -2.35. The van der Waals surface area contributed by atoms with Crippen molar-refractivity contribution < 1.29 is 19.4 Å². The van der Waals surface area contributed by atoms with Gasteiger partial charge < -0.3 is 15.2 Å². The van der Waals surface area contributed by atoms with Crippen LogP contribution in [0.2, 0.25) is 5.02 Å². The number of hydrogen-bond donors (Lipinski definition) is 2. The fraction of sp³-hybridized carbons (Fsp3) is 0.429. The molecule has 1 amide bonds. The van der Waals surface area contributed by atoms with E-state index in [1.54, 1.807) is 20.8 Å². The molecule has 0 aliphatic heterocycles. The first kappa shape index (κ1) is 18.2. The highest BCUT2D eigenvalue weighted by atomic mass is 35.5. The predicted octanol–water partition coefficient (Wildman–Crippen LogP) is 3.24. The number of rotatable bonds is 2. The number of carboxylic acids is 1. The maximum Gasteiger partial charge on any atom is 0.408 e. The van der Waals surface area contributed by atoms with Crippen LogP contribution in [0.1, 0.15) is 26.3 Å². The molecule has 0 saturated carbocycles. The van der Waals surface area contributed by atoms with Gasteiger partial charge in [0.2, 0.25) is 0 Å². The highest BCUT2D eigenvalue weighted by Crippen LogP contribution is 2.07. The Balaban J connectivity index is 0.000000388. The number of nitrogens with one attached hydrogen (secondary N) is 1. The number of halogens is 1. The van der Waals surface area contributed by atoms with Crippen LogP contribution in [0.4, 0.5) is 4.79 Å². The van der Waals surface area contributed by atoms with Crippen LogP contribution >= 0.6 is 11.6 Å². The van der Waals surface area contributed by atoms with E-state index in [1.165, 1.54) is 5.56 Å². The summed E-state index contributed by atoms with van der Waals surface area (Å²) in [5.41, 5.74) is 0.650. The average Bonchev–Trinajstić information content (AvgIpc) is 2.29. The molecule has 112 valence electrons. The minimum atomic E-state index is -1.10. The third-order valence-corrected chi connectivity index (χ3v) is 2.05. The average molecular weight is 302 g/mol. The summed E-state index contributed by atoms with van der Waals surface area (Å²) in [5.74, 6) is -1.10. The maximum atomic E-state index is 10.8. The molecule has 0 aliphatic rings. The highest BCUT2D eigenvalue weighted by Gasteiger charge is 2.16. The van der Waals surface area contributed by atoms with Crippen molar-refractivity contribution in [2.75, 3.05) is 6.54 Å². The minimum Gasteiger partial charge on any atom is -0.480 e. The molecule has 0 heterocycles. The minimum absolute atomic E-state index is 0.422. The number of carboxylic acid groups (broad SMARTS) is 1. The van der Waals surface area contributed by atoms with Crippen LogP contribution in [0.25, 0.3) is 0 Å². The molecule has 0 bridgehead atoms. The zero-order valence-corrected chi connectivity index (χ0v) is 12.8. The van der Waals surface area contributed by atoms with E-state index >= 15 is 0 Å². The van der Waals surface area contributed by atoms with Gasteiger partial charge in [0.15, 0.2) is 0 Å². The Hall–Kier alpha value is -1.75. The van der Waals surface area contributed by atoms with Crippen molar-refractivity contribution in [1.29, 1.82) is 0 Å². The molecule has 0 atom stereocenters. The summed E-state index contributed by atoms with van der Waals surface area (Å²) in [6, 6.07) is 7.75. The monoisotopic (exact) mass is 301 g/mol. The first-order valence-corrected chi connectivity index (χ1v) is 6.39. The molecule has 1 rings (SSSR count). The van der Waals surface area contributed by atoms with Crippen molar-refractivity contribution in [3.05, 3.63) is 34.9 Å². The largest absolute Gasteiger partial charge is 0.480 e. The topological polar surface area (TPSA) is 75.6 Å². The Morgan fingerprint density at radius 2 is 1.75 bits per heavy atom. The second kappa shape index (κ2) is 8.43. The standard InChI is InChI=1S/C7H7Cl.C7H13NO4/c1-6-2-4-7(8)5-3-6;1-7(2,3)12-6(11)8-4-5(9)10/h2-5H,1H3;4H2,1-3H3,(H,8,11)(H,9,10). The molecule has 0 aromatic heterocycles. The van der Waals surface area contributed by atoms with E-state index in [0.29, 0.717) is 0 Å². The van der Waals surface area contributed by atoms with Crippen molar-refractivity contribution in [3.63, 3.8) is 0 Å². The Morgan fingerprint density at radius 3 is 2.10 bits per heavy atom. The number of amides is 1. The first-order chi connectivity index (χ1) is 9.10. The van der Waals surface area contributed by atoms with Gasteiger partial charge in [-0.15, -0.1) is 0 Å².